The highest BCUT2D eigenvalue weighted by molar-refractivity contribution is 6.13. The van der Waals surface area contributed by atoms with Gasteiger partial charge >= 0.3 is 0 Å². The summed E-state index contributed by atoms with van der Waals surface area (Å²) in [6.07, 6.45) is 0. The van der Waals surface area contributed by atoms with E-state index in [0.29, 0.717) is 0 Å². The number of hydrogen-bond donors (Lipinski definition) is 0. The highest BCUT2D eigenvalue weighted by atomic mass is 16.5. The van der Waals surface area contributed by atoms with Crippen molar-refractivity contribution >= 4 is 21.8 Å². The molecule has 0 aliphatic carbocycles. The van der Waals surface area contributed by atoms with E-state index in [1.165, 1.54) is 10.8 Å². The number of fused-ring (bicyclic) bond motifs is 1. The Morgan fingerprint density at radius 2 is 2.00 bits per heavy atom. The lowest BCUT2D eigenvalue weighted by Crippen LogP contribution is -1.94. The third-order valence-corrected chi connectivity index (χ3v) is 2.30. The van der Waals surface area contributed by atoms with Gasteiger partial charge in [0.25, 0.3) is 0 Å². The van der Waals surface area contributed by atoms with Crippen molar-refractivity contribution in [2.75, 3.05) is 7.11 Å². The summed E-state index contributed by atoms with van der Waals surface area (Å²) in [5.74, 6) is 0.933. The summed E-state index contributed by atoms with van der Waals surface area (Å²) in [6.45, 7) is 0. The van der Waals surface area contributed by atoms with Crippen molar-refractivity contribution in [3.05, 3.63) is 24.3 Å². The van der Waals surface area contributed by atoms with Crippen molar-refractivity contribution in [3.63, 3.8) is 0 Å². The van der Waals surface area contributed by atoms with Crippen LogP contribution < -0.4 is 4.74 Å². The van der Waals surface area contributed by atoms with Crippen LogP contribution in [0.5, 0.6) is 5.75 Å². The molecule has 0 atom stereocenters. The van der Waals surface area contributed by atoms with E-state index in [-0.39, 0.29) is 0 Å². The fourth-order valence-electron chi connectivity index (χ4n) is 1.67. The van der Waals surface area contributed by atoms with Crippen molar-refractivity contribution in [1.82, 2.24) is 4.98 Å². The zero-order valence-corrected chi connectivity index (χ0v) is 6.66. The molecule has 0 spiro atoms. The molecule has 0 amide bonds. The Morgan fingerprint density at radius 3 is 2.75 bits per heavy atom. The van der Waals surface area contributed by atoms with Gasteiger partial charge in [0, 0.05) is 5.39 Å². The molecule has 2 nitrogen and oxygen atoms in total. The molecule has 4 bridgehead atoms. The molecular weight excluding hydrogens is 150 g/mol. The lowest BCUT2D eigenvalue weighted by atomic mass is 10.0. The Morgan fingerprint density at radius 1 is 1.17 bits per heavy atom. The van der Waals surface area contributed by atoms with Gasteiger partial charge in [-0.25, -0.2) is 4.98 Å². The topological polar surface area (TPSA) is 22.1 Å². The second kappa shape index (κ2) is 1.78. The summed E-state index contributed by atoms with van der Waals surface area (Å²) in [5.41, 5.74) is 2.14. The first-order chi connectivity index (χ1) is 5.90. The van der Waals surface area contributed by atoms with Crippen LogP contribution in [0.1, 0.15) is 0 Å². The maximum atomic E-state index is 5.22. The normalized spacial score (nSPS) is 11.8. The van der Waals surface area contributed by atoms with Gasteiger partial charge in [-0.05, 0) is 18.2 Å². The molecule has 0 radical (unpaired) electrons. The first-order valence-electron chi connectivity index (χ1n) is 3.88. The van der Waals surface area contributed by atoms with E-state index in [1.54, 1.807) is 7.11 Å². The second-order valence-corrected chi connectivity index (χ2v) is 2.91. The van der Waals surface area contributed by atoms with Gasteiger partial charge in [-0.1, -0.05) is 6.07 Å². The van der Waals surface area contributed by atoms with Crippen molar-refractivity contribution in [2.24, 2.45) is 0 Å². The highest BCUT2D eigenvalue weighted by Gasteiger charge is 2.13. The van der Waals surface area contributed by atoms with Crippen molar-refractivity contribution in [2.45, 2.75) is 0 Å². The molecule has 12 heavy (non-hydrogen) atoms. The standard InChI is InChI=1S/C10H7NO/c1-12-8-5-3-6-2-4-7-9(8)10(6)11-7/h2-5H,1H3. The van der Waals surface area contributed by atoms with Gasteiger partial charge in [0.2, 0.25) is 0 Å². The minimum Gasteiger partial charge on any atom is -0.496 e. The van der Waals surface area contributed by atoms with E-state index in [1.807, 2.05) is 18.2 Å². The number of nitrogens with zero attached hydrogens (tertiary/aromatic N) is 1. The Kier molecular flexibility index (Phi) is 0.888. The lowest BCUT2D eigenvalue weighted by Gasteiger charge is -2.12. The van der Waals surface area contributed by atoms with Crippen LogP contribution in [-0.2, 0) is 0 Å². The van der Waals surface area contributed by atoms with Crippen LogP contribution in [0.15, 0.2) is 24.3 Å². The molecular formula is C10H7NO. The summed E-state index contributed by atoms with van der Waals surface area (Å²) < 4.78 is 5.22. The first-order valence-corrected chi connectivity index (χ1v) is 3.88. The fourth-order valence-corrected chi connectivity index (χ4v) is 1.67. The molecule has 58 valence electrons. The number of ether oxygens (including phenoxy) is 1. The molecule has 2 heteroatoms. The largest absolute Gasteiger partial charge is 0.496 e. The van der Waals surface area contributed by atoms with Crippen LogP contribution in [0.3, 0.4) is 0 Å². The SMILES string of the molecule is COc1ccc2ccc3nc2c13. The zero-order valence-electron chi connectivity index (χ0n) is 6.66. The van der Waals surface area contributed by atoms with E-state index < -0.39 is 0 Å². The van der Waals surface area contributed by atoms with E-state index in [2.05, 4.69) is 11.1 Å². The second-order valence-electron chi connectivity index (χ2n) is 2.91. The summed E-state index contributed by atoms with van der Waals surface area (Å²) >= 11 is 0. The lowest BCUT2D eigenvalue weighted by molar-refractivity contribution is 0.420. The third kappa shape index (κ3) is 0.503. The van der Waals surface area contributed by atoms with Gasteiger partial charge in [-0.3, -0.25) is 0 Å². The average Bonchev–Trinajstić information content (AvgIpc) is 2.10. The monoisotopic (exact) mass is 157 g/mol. The molecule has 4 aromatic rings. The molecule has 2 aromatic carbocycles. The first kappa shape index (κ1) is 6.00. The van der Waals surface area contributed by atoms with Crippen molar-refractivity contribution < 1.29 is 4.74 Å². The third-order valence-electron chi connectivity index (χ3n) is 2.30. The molecule has 0 N–H and O–H groups in total. The van der Waals surface area contributed by atoms with Crippen LogP contribution in [0, 0.1) is 0 Å². The molecule has 0 unspecified atom stereocenters. The summed E-state index contributed by atoms with van der Waals surface area (Å²) in [6, 6.07) is 8.14. The zero-order chi connectivity index (χ0) is 8.13. The van der Waals surface area contributed by atoms with Gasteiger partial charge in [0.15, 0.2) is 0 Å². The summed E-state index contributed by atoms with van der Waals surface area (Å²) in [7, 11) is 1.69. The smallest absolute Gasteiger partial charge is 0.130 e. The van der Waals surface area contributed by atoms with E-state index in [4.69, 9.17) is 4.74 Å². The fraction of sp³-hybridized carbons (Fsp3) is 0.100. The van der Waals surface area contributed by atoms with Gasteiger partial charge in [-0.15, -0.1) is 0 Å². The van der Waals surface area contributed by atoms with Crippen molar-refractivity contribution in [3.8, 4) is 5.75 Å². The number of hydrogen-bond acceptors (Lipinski definition) is 2. The quantitative estimate of drug-likeness (QED) is 0.540. The van der Waals surface area contributed by atoms with Crippen LogP contribution in [0.4, 0.5) is 0 Å². The Hall–Kier alpha value is -1.57. The van der Waals surface area contributed by atoms with Gasteiger partial charge in [0.05, 0.1) is 23.5 Å². The number of methoxy groups -OCH3 is 1. The number of rotatable bonds is 1. The summed E-state index contributed by atoms with van der Waals surface area (Å²) in [5, 5.41) is 2.37. The predicted molar refractivity (Wildman–Crippen MR) is 48.2 cm³/mol. The van der Waals surface area contributed by atoms with Crippen LogP contribution in [0.25, 0.3) is 21.8 Å². The molecule has 2 aromatic heterocycles. The maximum Gasteiger partial charge on any atom is 0.130 e. The van der Waals surface area contributed by atoms with E-state index in [0.717, 1.165) is 16.8 Å². The van der Waals surface area contributed by atoms with Crippen molar-refractivity contribution in [1.29, 1.82) is 0 Å². The number of benzene rings is 2. The minimum absolute atomic E-state index is 0.933. The van der Waals surface area contributed by atoms with Crippen LogP contribution in [-0.4, -0.2) is 12.1 Å². The minimum atomic E-state index is 0.933. The van der Waals surface area contributed by atoms with Crippen LogP contribution in [0.2, 0.25) is 0 Å². The number of pyridine rings is 1. The van der Waals surface area contributed by atoms with E-state index in [9.17, 15) is 0 Å². The van der Waals surface area contributed by atoms with E-state index >= 15 is 0 Å². The molecule has 0 aliphatic heterocycles. The highest BCUT2D eigenvalue weighted by Crippen LogP contribution is 2.36. The Bertz CT molecular complexity index is 512. The summed E-state index contributed by atoms with van der Waals surface area (Å²) in [4.78, 5) is 4.33. The predicted octanol–water partition coefficient (Wildman–Crippen LogP) is 2.27. The maximum absolute atomic E-state index is 5.22. The van der Waals surface area contributed by atoms with Gasteiger partial charge < -0.3 is 4.74 Å². The molecule has 0 fully saturated rings. The molecule has 0 saturated heterocycles. The average molecular weight is 157 g/mol. The molecule has 0 saturated carbocycles. The Labute approximate surface area is 69.5 Å². The van der Waals surface area contributed by atoms with Crippen LogP contribution >= 0.6 is 0 Å². The number of aromatic nitrogens is 1. The Balaban J connectivity index is 2.55. The molecule has 2 heterocycles. The molecule has 4 rings (SSSR count). The van der Waals surface area contributed by atoms with Gasteiger partial charge in [-0.2, -0.15) is 0 Å². The molecule has 0 aliphatic rings. The van der Waals surface area contributed by atoms with Gasteiger partial charge in [0.1, 0.15) is 5.75 Å².